The van der Waals surface area contributed by atoms with Crippen molar-refractivity contribution in [1.29, 1.82) is 0 Å². The van der Waals surface area contributed by atoms with E-state index in [1.807, 2.05) is 0 Å². The first kappa shape index (κ1) is 7.60. The number of rotatable bonds is 0. The molecule has 0 aliphatic heterocycles. The molecule has 0 aromatic rings. The van der Waals surface area contributed by atoms with Crippen molar-refractivity contribution in [3.8, 4) is 0 Å². The molecule has 0 radical (unpaired) electrons. The number of hydrogen-bond acceptors (Lipinski definition) is 1. The van der Waals surface area contributed by atoms with E-state index in [1.165, 1.54) is 12.8 Å². The molecule has 1 nitrogen and oxygen atoms in total. The standard InChI is InChI=1S/C10H18O/c1-9(2)7-4-5-10(9,3)8(11)6-7/h7-8,11H,4-6H2,1-3H3/t7-,8-,10+/m1/s1. The van der Waals surface area contributed by atoms with Gasteiger partial charge >= 0.3 is 0 Å². The van der Waals surface area contributed by atoms with Crippen molar-refractivity contribution in [2.75, 3.05) is 0 Å². The van der Waals surface area contributed by atoms with Gasteiger partial charge in [-0.3, -0.25) is 0 Å². The number of aliphatic hydroxyl groups is 1. The molecule has 2 rings (SSSR count). The van der Waals surface area contributed by atoms with E-state index in [-0.39, 0.29) is 11.5 Å². The van der Waals surface area contributed by atoms with Crippen LogP contribution in [0.3, 0.4) is 0 Å². The third-order valence-electron chi connectivity index (χ3n) is 4.75. The van der Waals surface area contributed by atoms with Crippen LogP contribution in [0.4, 0.5) is 0 Å². The molecule has 2 aliphatic rings. The number of fused-ring (bicyclic) bond motifs is 2. The van der Waals surface area contributed by atoms with E-state index in [0.717, 1.165) is 12.3 Å². The molecule has 0 aromatic carbocycles. The number of aliphatic hydroxyl groups excluding tert-OH is 1. The molecule has 1 N–H and O–H groups in total. The lowest BCUT2D eigenvalue weighted by molar-refractivity contribution is 0.0126. The van der Waals surface area contributed by atoms with Gasteiger partial charge in [-0.05, 0) is 36.0 Å². The molecule has 2 fully saturated rings. The van der Waals surface area contributed by atoms with Crippen LogP contribution in [0.5, 0.6) is 0 Å². The fraction of sp³-hybridized carbons (Fsp3) is 1.00. The van der Waals surface area contributed by atoms with E-state index >= 15 is 0 Å². The van der Waals surface area contributed by atoms with Crippen molar-refractivity contribution < 1.29 is 5.11 Å². The van der Waals surface area contributed by atoms with Gasteiger partial charge in [-0.15, -0.1) is 0 Å². The third kappa shape index (κ3) is 0.658. The van der Waals surface area contributed by atoms with Crippen molar-refractivity contribution in [3.63, 3.8) is 0 Å². The maximum atomic E-state index is 9.81. The molecular weight excluding hydrogens is 136 g/mol. The molecule has 11 heavy (non-hydrogen) atoms. The van der Waals surface area contributed by atoms with E-state index < -0.39 is 0 Å². The van der Waals surface area contributed by atoms with Gasteiger partial charge in [0.2, 0.25) is 0 Å². The van der Waals surface area contributed by atoms with E-state index in [9.17, 15) is 5.11 Å². The molecule has 1 heteroatoms. The van der Waals surface area contributed by atoms with Crippen LogP contribution < -0.4 is 0 Å². The van der Waals surface area contributed by atoms with Gasteiger partial charge in [0.1, 0.15) is 0 Å². The fourth-order valence-corrected chi connectivity index (χ4v) is 3.16. The summed E-state index contributed by atoms with van der Waals surface area (Å²) in [6.07, 6.45) is 3.58. The summed E-state index contributed by atoms with van der Waals surface area (Å²) in [6.45, 7) is 6.90. The predicted molar refractivity (Wildman–Crippen MR) is 45.2 cm³/mol. The minimum Gasteiger partial charge on any atom is -0.393 e. The molecule has 0 saturated heterocycles. The second-order valence-electron chi connectivity index (χ2n) is 5.13. The summed E-state index contributed by atoms with van der Waals surface area (Å²) in [5, 5.41) is 9.81. The minimum atomic E-state index is -0.0313. The van der Waals surface area contributed by atoms with Crippen LogP contribution in [-0.4, -0.2) is 11.2 Å². The summed E-state index contributed by atoms with van der Waals surface area (Å²) in [7, 11) is 0. The van der Waals surface area contributed by atoms with Gasteiger partial charge in [0.25, 0.3) is 0 Å². The van der Waals surface area contributed by atoms with Gasteiger partial charge in [0, 0.05) is 0 Å². The Morgan fingerprint density at radius 1 is 1.27 bits per heavy atom. The highest BCUT2D eigenvalue weighted by Gasteiger charge is 2.60. The Morgan fingerprint density at radius 2 is 1.91 bits per heavy atom. The van der Waals surface area contributed by atoms with E-state index in [4.69, 9.17) is 0 Å². The van der Waals surface area contributed by atoms with Crippen LogP contribution in [0, 0.1) is 16.7 Å². The lowest BCUT2D eigenvalue weighted by atomic mass is 9.70. The lowest BCUT2D eigenvalue weighted by Gasteiger charge is -2.36. The smallest absolute Gasteiger partial charge is 0.0601 e. The highest BCUT2D eigenvalue weighted by atomic mass is 16.3. The van der Waals surface area contributed by atoms with Gasteiger partial charge < -0.3 is 5.11 Å². The van der Waals surface area contributed by atoms with Crippen LogP contribution in [0.25, 0.3) is 0 Å². The van der Waals surface area contributed by atoms with E-state index in [2.05, 4.69) is 20.8 Å². The van der Waals surface area contributed by atoms with Gasteiger partial charge in [-0.1, -0.05) is 20.8 Å². The van der Waals surface area contributed by atoms with E-state index in [0.29, 0.717) is 5.41 Å². The monoisotopic (exact) mass is 154 g/mol. The molecule has 0 amide bonds. The average molecular weight is 154 g/mol. The fourth-order valence-electron chi connectivity index (χ4n) is 3.16. The molecule has 0 unspecified atom stereocenters. The summed E-state index contributed by atoms with van der Waals surface area (Å²) in [5.74, 6) is 0.780. The minimum absolute atomic E-state index is 0.0313. The van der Waals surface area contributed by atoms with E-state index in [1.54, 1.807) is 0 Å². The summed E-state index contributed by atoms with van der Waals surface area (Å²) < 4.78 is 0. The van der Waals surface area contributed by atoms with Crippen molar-refractivity contribution >= 4 is 0 Å². The van der Waals surface area contributed by atoms with Crippen LogP contribution in [0.1, 0.15) is 40.0 Å². The van der Waals surface area contributed by atoms with Crippen molar-refractivity contribution in [2.24, 2.45) is 16.7 Å². The zero-order chi connectivity index (χ0) is 8.28. The van der Waals surface area contributed by atoms with Gasteiger partial charge in [0.05, 0.1) is 6.10 Å². The van der Waals surface area contributed by atoms with Crippen LogP contribution in [0.2, 0.25) is 0 Å². The van der Waals surface area contributed by atoms with Crippen LogP contribution in [-0.2, 0) is 0 Å². The molecule has 2 saturated carbocycles. The SMILES string of the molecule is CC1(C)[C@@H]2CC[C@@]1(C)[C@H](O)C2. The Labute approximate surface area is 68.8 Å². The lowest BCUT2D eigenvalue weighted by Crippen LogP contribution is -2.35. The maximum Gasteiger partial charge on any atom is 0.0601 e. The molecule has 0 spiro atoms. The summed E-state index contributed by atoms with van der Waals surface area (Å²) in [4.78, 5) is 0. The Morgan fingerprint density at radius 3 is 2.09 bits per heavy atom. The molecule has 0 heterocycles. The van der Waals surface area contributed by atoms with Crippen molar-refractivity contribution in [3.05, 3.63) is 0 Å². The Kier molecular flexibility index (Phi) is 1.26. The highest BCUT2D eigenvalue weighted by Crippen LogP contribution is 2.65. The first-order chi connectivity index (χ1) is 4.98. The van der Waals surface area contributed by atoms with Crippen LogP contribution in [0.15, 0.2) is 0 Å². The van der Waals surface area contributed by atoms with Crippen molar-refractivity contribution in [1.82, 2.24) is 0 Å². The molecule has 64 valence electrons. The quantitative estimate of drug-likeness (QED) is 0.567. The molecule has 3 atom stereocenters. The Hall–Kier alpha value is -0.0400. The molecule has 0 aromatic heterocycles. The van der Waals surface area contributed by atoms with Gasteiger partial charge in [-0.2, -0.15) is 0 Å². The van der Waals surface area contributed by atoms with Crippen molar-refractivity contribution in [2.45, 2.75) is 46.1 Å². The zero-order valence-electron chi connectivity index (χ0n) is 7.72. The predicted octanol–water partition coefficient (Wildman–Crippen LogP) is 2.19. The highest BCUT2D eigenvalue weighted by molar-refractivity contribution is 5.10. The topological polar surface area (TPSA) is 20.2 Å². The molecule has 2 bridgehead atoms. The van der Waals surface area contributed by atoms with Gasteiger partial charge in [0.15, 0.2) is 0 Å². The maximum absolute atomic E-state index is 9.81. The zero-order valence-corrected chi connectivity index (χ0v) is 7.72. The summed E-state index contributed by atoms with van der Waals surface area (Å²) in [5.41, 5.74) is 0.601. The average Bonchev–Trinajstić information content (AvgIpc) is 2.20. The number of hydrogen-bond donors (Lipinski definition) is 1. The van der Waals surface area contributed by atoms with Crippen LogP contribution >= 0.6 is 0 Å². The molecule has 2 aliphatic carbocycles. The second kappa shape index (κ2) is 1.82. The van der Waals surface area contributed by atoms with Gasteiger partial charge in [-0.25, -0.2) is 0 Å². The largest absolute Gasteiger partial charge is 0.393 e. The Bertz CT molecular complexity index is 185. The second-order valence-corrected chi connectivity index (χ2v) is 5.13. The molecular formula is C10H18O. The summed E-state index contributed by atoms with van der Waals surface area (Å²) >= 11 is 0. The third-order valence-corrected chi connectivity index (χ3v) is 4.75. The summed E-state index contributed by atoms with van der Waals surface area (Å²) in [6, 6.07) is 0. The normalized spacial score (nSPS) is 53.5. The first-order valence-corrected chi connectivity index (χ1v) is 4.66. The Balaban J connectivity index is 2.40. The first-order valence-electron chi connectivity index (χ1n) is 4.66.